The number of hydrogen-bond donors (Lipinski definition) is 2. The van der Waals surface area contributed by atoms with Crippen LogP contribution in [0, 0.1) is 58.2 Å². The molecule has 34 heteroatoms. The van der Waals surface area contributed by atoms with Crippen molar-refractivity contribution in [1.29, 1.82) is 0 Å². The Bertz CT molecular complexity index is 5430. The highest BCUT2D eigenvalue weighted by Gasteiger charge is 2.65. The van der Waals surface area contributed by atoms with Crippen LogP contribution in [0.5, 0.6) is 34.8 Å². The van der Waals surface area contributed by atoms with Crippen LogP contribution in [0.2, 0.25) is 0 Å². The number of ketones is 2. The number of pyridine rings is 4. The lowest BCUT2D eigenvalue weighted by molar-refractivity contribution is -0.197. The molecule has 6 fully saturated rings. The first-order valence-electron chi connectivity index (χ1n) is 47.7. The van der Waals surface area contributed by atoms with E-state index in [9.17, 15) is 53.6 Å². The summed E-state index contributed by atoms with van der Waals surface area (Å²) in [6.07, 6.45) is 14.0. The second-order valence-corrected chi connectivity index (χ2v) is 45.6. The fraction of sp³-hybridized carbons (Fsp3) is 0.608. The first-order chi connectivity index (χ1) is 63.8. The van der Waals surface area contributed by atoms with E-state index in [2.05, 4.69) is 19.4 Å². The van der Waals surface area contributed by atoms with Gasteiger partial charge in [-0.25, -0.2) is 44.4 Å². The minimum Gasteiger partial charge on any atom is -0.497 e. The number of allylic oxidation sites excluding steroid dienone is 4. The van der Waals surface area contributed by atoms with Gasteiger partial charge in [-0.15, -0.1) is 0 Å². The number of esters is 2. The number of nitrogens with one attached hydrogen (secondary N) is 2. The van der Waals surface area contributed by atoms with Gasteiger partial charge in [-0.05, 0) is 265 Å². The summed E-state index contributed by atoms with van der Waals surface area (Å²) in [5, 5.41) is 2.65. The van der Waals surface area contributed by atoms with Crippen molar-refractivity contribution in [3.05, 3.63) is 109 Å². The van der Waals surface area contributed by atoms with Gasteiger partial charge >= 0.3 is 11.9 Å². The lowest BCUT2D eigenvalue weighted by Crippen LogP contribution is -2.49. The number of sulfonamides is 2. The number of rotatable bonds is 28. The fourth-order valence-electron chi connectivity index (χ4n) is 19.0. The number of hydrogen-bond acceptors (Lipinski definition) is 24. The Balaban J connectivity index is 0.000000230. The molecular formula is C102H132F4N8O20S2. The van der Waals surface area contributed by atoms with Crippen LogP contribution in [-0.2, 0) is 67.9 Å². The molecule has 0 spiro atoms. The van der Waals surface area contributed by atoms with Crippen LogP contribution < -0.4 is 37.9 Å². The fourth-order valence-corrected chi connectivity index (χ4v) is 21.7. The maximum absolute atomic E-state index is 15.4. The van der Waals surface area contributed by atoms with Crippen LogP contribution in [0.15, 0.2) is 109 Å². The number of amides is 4. The Morgan fingerprint density at radius 1 is 0.515 bits per heavy atom. The van der Waals surface area contributed by atoms with E-state index in [0.29, 0.717) is 158 Å². The molecule has 4 saturated carbocycles. The maximum atomic E-state index is 15.4. The van der Waals surface area contributed by atoms with Gasteiger partial charge in [0.1, 0.15) is 35.2 Å². The summed E-state index contributed by atoms with van der Waals surface area (Å²) < 4.78 is 162. The molecule has 4 aromatic heterocycles. The summed E-state index contributed by atoms with van der Waals surface area (Å²) in [5.74, 6) is -13.2. The molecule has 4 aliphatic carbocycles. The van der Waals surface area contributed by atoms with E-state index < -0.39 is 183 Å². The van der Waals surface area contributed by atoms with Gasteiger partial charge < -0.3 is 47.7 Å². The molecule has 4 aliphatic heterocycles. The highest BCUT2D eigenvalue weighted by molar-refractivity contribution is 7.92. The van der Waals surface area contributed by atoms with Gasteiger partial charge in [-0.3, -0.25) is 57.8 Å². The first-order valence-corrected chi connectivity index (χ1v) is 50.6. The standard InChI is InChI=1S/2C51H66F2N4O10S/c2*1-10-32-21-31(4)13-11-12-14-34-26-51(34,47(61)56-68(62,63)49(7)19-20-49)27-43(58)42-24-37(29-57(42)46(60)39(32)25-44(59)67-48(5,6)50(8,52)53)66-45-38-17-15-35(64-9)22-33(38)23-41(55-45)40-18-16-36(28-54-40)65-30(2)3/h2*12,14-18,22-23,28,30-32,34,37,39,42H,10-11,13,19-21,24-27,29H2,1-9H3,(H,56,61)/b2*14-12-/t31-,32+,34+,37+,39-,42-,51+;31-,32-,34-,37-,39+,42+,51-/m01/s1. The van der Waals surface area contributed by atoms with E-state index in [1.807, 2.05) is 104 Å². The summed E-state index contributed by atoms with van der Waals surface area (Å²) in [7, 11) is -4.98. The van der Waals surface area contributed by atoms with Crippen molar-refractivity contribution in [2.75, 3.05) is 27.3 Å². The van der Waals surface area contributed by atoms with Gasteiger partial charge in [0, 0.05) is 50.3 Å². The summed E-state index contributed by atoms with van der Waals surface area (Å²) in [5.41, 5.74) is -5.14. The van der Waals surface area contributed by atoms with E-state index in [-0.39, 0.29) is 87.4 Å². The van der Waals surface area contributed by atoms with E-state index in [4.69, 9.17) is 47.9 Å². The smallest absolute Gasteiger partial charge is 0.307 e. The van der Waals surface area contributed by atoms with E-state index in [0.717, 1.165) is 27.7 Å². The number of halogens is 4. The van der Waals surface area contributed by atoms with Gasteiger partial charge in [0.15, 0.2) is 22.8 Å². The molecule has 0 unspecified atom stereocenters. The minimum absolute atomic E-state index is 0.0261. The number of Topliss-reactive ketones (excluding diaryl/α,β-unsaturated/α-hetero) is 2. The van der Waals surface area contributed by atoms with Crippen LogP contribution in [0.1, 0.15) is 239 Å². The molecule has 2 aromatic carbocycles. The Morgan fingerprint density at radius 2 is 0.875 bits per heavy atom. The van der Waals surface area contributed by atoms with Crippen molar-refractivity contribution in [3.63, 3.8) is 0 Å². The van der Waals surface area contributed by atoms with Crippen molar-refractivity contribution in [3.8, 4) is 57.5 Å². The number of methoxy groups -OCH3 is 2. The number of carbonyl (C=O) groups excluding carboxylic acids is 8. The molecule has 28 nitrogen and oxygen atoms in total. The zero-order chi connectivity index (χ0) is 99.1. The third-order valence-corrected chi connectivity index (χ3v) is 33.5. The van der Waals surface area contributed by atoms with Crippen LogP contribution >= 0.6 is 0 Å². The molecule has 4 amide bonds. The van der Waals surface area contributed by atoms with Crippen molar-refractivity contribution in [1.82, 2.24) is 39.2 Å². The molecular weight excluding hydrogens is 1800 g/mol. The predicted molar refractivity (Wildman–Crippen MR) is 503 cm³/mol. The third kappa shape index (κ3) is 23.1. The van der Waals surface area contributed by atoms with E-state index >= 15 is 19.2 Å². The van der Waals surface area contributed by atoms with Crippen LogP contribution in [0.4, 0.5) is 17.6 Å². The zero-order valence-corrected chi connectivity index (χ0v) is 82.8. The van der Waals surface area contributed by atoms with E-state index in [1.54, 1.807) is 89.0 Å². The Morgan fingerprint density at radius 3 is 1.19 bits per heavy atom. The molecule has 740 valence electrons. The number of alkyl halides is 4. The summed E-state index contributed by atoms with van der Waals surface area (Å²) in [6.45, 7) is 24.3. The molecule has 8 heterocycles. The molecule has 2 N–H and O–H groups in total. The largest absolute Gasteiger partial charge is 0.497 e. The van der Waals surface area contributed by atoms with Gasteiger partial charge in [-0.1, -0.05) is 64.8 Å². The lowest BCUT2D eigenvalue weighted by atomic mass is 9.79. The zero-order valence-electron chi connectivity index (χ0n) is 81.2. The predicted octanol–water partition coefficient (Wildman–Crippen LogP) is 17.6. The number of nitrogens with zero attached hydrogens (tertiary/aromatic N) is 6. The second-order valence-electron chi connectivity index (χ2n) is 41.2. The number of carbonyl (C=O) groups is 8. The molecule has 0 radical (unpaired) electrons. The SMILES string of the molecule is CC[C@@H]1C[C@@H](C)CC/C=C\[C@@H]2C[C@@]2(C(=O)NS(=O)(=O)C2(C)CC2)CC(=O)[C@@H]2C[C@@H](Oc3nc(-c4ccc(OC(C)C)cn4)cc4cc(OC)ccc34)CN2C(=O)[C@H]1CC(=O)OC(C)(C)C(C)(F)F.CC[C@@H]1C[C@H](C)CC/C=C\[C@@H]2C[C@@]2(C(=O)NS(=O)(=O)C2(C)CC2)CC(=O)[C@@H]2C[C@@H](Oc3nc(-c4ccc(OC(C)C)cn4)cc4cc(OC)ccc34)CN2C(=O)[C@H]1CC(=O)OC(C)(C)C(C)(F)F. The topological polar surface area (TPSA) is 361 Å². The average molecular weight is 1930 g/mol. The Kier molecular flexibility index (Phi) is 30.5. The summed E-state index contributed by atoms with van der Waals surface area (Å²) in [6, 6.07) is 19.3. The molecule has 136 heavy (non-hydrogen) atoms. The van der Waals surface area contributed by atoms with Crippen molar-refractivity contribution < 1.29 is 111 Å². The normalized spacial score (nSPS) is 27.0. The van der Waals surface area contributed by atoms with Gasteiger partial charge in [-0.2, -0.15) is 0 Å². The molecule has 6 aromatic rings. The molecule has 8 aliphatic rings. The van der Waals surface area contributed by atoms with Crippen LogP contribution in [0.3, 0.4) is 0 Å². The van der Waals surface area contributed by atoms with Crippen LogP contribution in [0.25, 0.3) is 44.3 Å². The van der Waals surface area contributed by atoms with Crippen molar-refractivity contribution >= 4 is 88.7 Å². The summed E-state index contributed by atoms with van der Waals surface area (Å²) in [4.78, 5) is 139. The van der Waals surface area contributed by atoms with Gasteiger partial charge in [0.05, 0.1) is 132 Å². The molecule has 14 atom stereocenters. The Hall–Kier alpha value is -10.4. The number of fused-ring (bicyclic) bond motifs is 6. The number of ether oxygens (including phenoxy) is 8. The lowest BCUT2D eigenvalue weighted by Gasteiger charge is -2.35. The second kappa shape index (κ2) is 40.2. The van der Waals surface area contributed by atoms with Gasteiger partial charge in [0.2, 0.25) is 55.4 Å². The highest BCUT2D eigenvalue weighted by atomic mass is 32.2. The first kappa shape index (κ1) is 103. The average Bonchev–Trinajstić information content (AvgIpc) is 1.56. The monoisotopic (exact) mass is 1930 g/mol. The minimum atomic E-state index is -4.05. The number of aromatic nitrogens is 4. The third-order valence-electron chi connectivity index (χ3n) is 29.2. The molecule has 0 bridgehead atoms. The number of benzene rings is 2. The highest BCUT2D eigenvalue weighted by Crippen LogP contribution is 2.60. The van der Waals surface area contributed by atoms with Crippen molar-refractivity contribution in [2.45, 2.75) is 308 Å². The van der Waals surface area contributed by atoms with Crippen LogP contribution in [-0.4, -0.2) is 190 Å². The van der Waals surface area contributed by atoms with Crippen molar-refractivity contribution in [2.24, 2.45) is 58.2 Å². The summed E-state index contributed by atoms with van der Waals surface area (Å²) >= 11 is 0. The maximum Gasteiger partial charge on any atom is 0.307 e. The van der Waals surface area contributed by atoms with E-state index in [1.165, 1.54) is 9.80 Å². The quantitative estimate of drug-likeness (QED) is 0.0262. The van der Waals surface area contributed by atoms with Gasteiger partial charge in [0.25, 0.3) is 11.8 Å². The molecule has 14 rings (SSSR count). The molecule has 2 saturated heterocycles. The Labute approximate surface area is 794 Å².